The van der Waals surface area contributed by atoms with Crippen LogP contribution in [0.1, 0.15) is 54.8 Å². The van der Waals surface area contributed by atoms with Crippen LogP contribution < -0.4 is 0 Å². The lowest BCUT2D eigenvalue weighted by atomic mass is 9.85. The Bertz CT molecular complexity index is 1100. The molecule has 1 aliphatic carbocycles. The predicted molar refractivity (Wildman–Crippen MR) is 171 cm³/mol. The third-order valence-electron chi connectivity index (χ3n) is 8.18. The SMILES string of the molecule is C=C(C[C@@H]1OC[C@H](C[C@@H]2O[C@H]2[C@H](C)[C@H](C)O[Si](C)(C)C)[C@@H](O[Si](C)(C)C)[C@@H]1O[Si](C)(C)C)c1occ2c1CCC2=O. The van der Waals surface area contributed by atoms with Gasteiger partial charge in [0.05, 0.1) is 42.7 Å². The van der Waals surface area contributed by atoms with Crippen molar-refractivity contribution in [1.82, 2.24) is 0 Å². The largest absolute Gasteiger partial charge is 0.464 e. The monoisotopic (exact) mass is 622 g/mol. The molecule has 4 rings (SSSR count). The summed E-state index contributed by atoms with van der Waals surface area (Å²) >= 11 is 0. The molecule has 3 aliphatic rings. The topological polar surface area (TPSA) is 79.7 Å². The first-order chi connectivity index (χ1) is 18.8. The minimum Gasteiger partial charge on any atom is -0.464 e. The zero-order chi connectivity index (χ0) is 30.5. The van der Waals surface area contributed by atoms with E-state index in [2.05, 4.69) is 79.3 Å². The lowest BCUT2D eigenvalue weighted by Crippen LogP contribution is -2.58. The molecule has 0 amide bonds. The highest BCUT2D eigenvalue weighted by Gasteiger charge is 2.51. The maximum atomic E-state index is 12.2. The summed E-state index contributed by atoms with van der Waals surface area (Å²) in [5.41, 5.74) is 2.55. The van der Waals surface area contributed by atoms with Crippen LogP contribution in [0.3, 0.4) is 0 Å². The molecule has 0 aromatic carbocycles. The third-order valence-corrected chi connectivity index (χ3v) is 11.2. The summed E-state index contributed by atoms with van der Waals surface area (Å²) in [6.07, 6.45) is 4.37. The molecule has 0 saturated carbocycles. The van der Waals surface area contributed by atoms with Crippen molar-refractivity contribution in [3.63, 3.8) is 0 Å². The number of epoxide rings is 1. The smallest absolute Gasteiger partial charge is 0.184 e. The number of ketones is 1. The number of rotatable bonds is 13. The molecule has 3 heterocycles. The number of ether oxygens (including phenoxy) is 2. The van der Waals surface area contributed by atoms with Gasteiger partial charge in [-0.3, -0.25) is 4.79 Å². The Hall–Kier alpha value is -0.859. The second-order valence-corrected chi connectivity index (χ2v) is 28.8. The fourth-order valence-electron chi connectivity index (χ4n) is 6.33. The Morgan fingerprint density at radius 1 is 0.951 bits per heavy atom. The van der Waals surface area contributed by atoms with Gasteiger partial charge in [0.15, 0.2) is 30.7 Å². The molecule has 8 atom stereocenters. The predicted octanol–water partition coefficient (Wildman–Crippen LogP) is 7.30. The second-order valence-electron chi connectivity index (χ2n) is 15.4. The van der Waals surface area contributed by atoms with Gasteiger partial charge in [0.1, 0.15) is 12.0 Å². The van der Waals surface area contributed by atoms with Crippen LogP contribution in [0.15, 0.2) is 17.3 Å². The van der Waals surface area contributed by atoms with Crippen molar-refractivity contribution in [1.29, 1.82) is 0 Å². The number of carbonyl (C=O) groups excluding carboxylic acids is 1. The highest BCUT2D eigenvalue weighted by atomic mass is 28.4. The van der Waals surface area contributed by atoms with E-state index >= 15 is 0 Å². The van der Waals surface area contributed by atoms with E-state index in [0.29, 0.717) is 37.4 Å². The van der Waals surface area contributed by atoms with Crippen LogP contribution in [-0.2, 0) is 29.2 Å². The van der Waals surface area contributed by atoms with Crippen molar-refractivity contribution in [3.8, 4) is 0 Å². The summed E-state index contributed by atoms with van der Waals surface area (Å²) in [7, 11) is -5.49. The van der Waals surface area contributed by atoms with E-state index in [1.807, 2.05) is 0 Å². The Morgan fingerprint density at radius 3 is 2.20 bits per heavy atom. The van der Waals surface area contributed by atoms with Gasteiger partial charge in [0.25, 0.3) is 0 Å². The minimum atomic E-state index is -1.96. The molecule has 2 fully saturated rings. The Labute approximate surface area is 251 Å². The van der Waals surface area contributed by atoms with E-state index in [0.717, 1.165) is 23.3 Å². The van der Waals surface area contributed by atoms with Gasteiger partial charge in [-0.1, -0.05) is 13.5 Å². The summed E-state index contributed by atoms with van der Waals surface area (Å²) in [5.74, 6) is 1.40. The van der Waals surface area contributed by atoms with E-state index in [-0.39, 0.29) is 48.3 Å². The summed E-state index contributed by atoms with van der Waals surface area (Å²) in [4.78, 5) is 12.2. The lowest BCUT2D eigenvalue weighted by molar-refractivity contribution is -0.151. The van der Waals surface area contributed by atoms with E-state index in [4.69, 9.17) is 27.2 Å². The zero-order valence-electron chi connectivity index (χ0n) is 27.3. The van der Waals surface area contributed by atoms with Gasteiger partial charge >= 0.3 is 0 Å². The van der Waals surface area contributed by atoms with Gasteiger partial charge in [-0.15, -0.1) is 0 Å². The van der Waals surface area contributed by atoms with Gasteiger partial charge in [0.2, 0.25) is 0 Å². The van der Waals surface area contributed by atoms with Crippen LogP contribution in [0.4, 0.5) is 0 Å². The average molecular weight is 623 g/mol. The first-order valence-corrected chi connectivity index (χ1v) is 25.7. The quantitative estimate of drug-likeness (QED) is 0.169. The fourth-order valence-corrected chi connectivity index (χ4v) is 9.90. The van der Waals surface area contributed by atoms with E-state index < -0.39 is 25.0 Å². The van der Waals surface area contributed by atoms with Gasteiger partial charge in [-0.25, -0.2) is 0 Å². The van der Waals surface area contributed by atoms with Crippen LogP contribution in [0.25, 0.3) is 5.57 Å². The first kappa shape index (κ1) is 33.0. The van der Waals surface area contributed by atoms with Crippen molar-refractivity contribution in [2.75, 3.05) is 6.61 Å². The van der Waals surface area contributed by atoms with Crippen LogP contribution in [0, 0.1) is 11.8 Å². The molecule has 1 aromatic rings. The molecule has 0 spiro atoms. The van der Waals surface area contributed by atoms with Gasteiger partial charge in [0, 0.05) is 36.3 Å². The lowest BCUT2D eigenvalue weighted by Gasteiger charge is -2.47. The summed E-state index contributed by atoms with van der Waals surface area (Å²) in [6.45, 7) is 29.5. The highest BCUT2D eigenvalue weighted by Crippen LogP contribution is 2.42. The molecule has 10 heteroatoms. The highest BCUT2D eigenvalue weighted by molar-refractivity contribution is 6.70. The van der Waals surface area contributed by atoms with Gasteiger partial charge in [-0.2, -0.15) is 0 Å². The van der Waals surface area contributed by atoms with Crippen molar-refractivity contribution in [3.05, 3.63) is 29.7 Å². The number of hydrogen-bond donors (Lipinski definition) is 0. The fraction of sp³-hybridized carbons (Fsp3) is 0.774. The maximum absolute atomic E-state index is 12.2. The molecule has 0 bridgehead atoms. The summed E-state index contributed by atoms with van der Waals surface area (Å²) in [6, 6.07) is 0. The zero-order valence-corrected chi connectivity index (χ0v) is 30.3. The normalized spacial score (nSPS) is 30.3. The average Bonchev–Trinajstić information content (AvgIpc) is 3.27. The molecule has 0 unspecified atom stereocenters. The van der Waals surface area contributed by atoms with Crippen molar-refractivity contribution in [2.45, 2.75) is 135 Å². The molecule has 0 N–H and O–H groups in total. The molecular formula is C31H54O7Si3. The van der Waals surface area contributed by atoms with Crippen molar-refractivity contribution >= 4 is 36.3 Å². The van der Waals surface area contributed by atoms with Crippen LogP contribution in [0.2, 0.25) is 58.9 Å². The van der Waals surface area contributed by atoms with Crippen LogP contribution >= 0.6 is 0 Å². The summed E-state index contributed by atoms with van der Waals surface area (Å²) < 4.78 is 39.0. The molecule has 2 saturated heterocycles. The number of fused-ring (bicyclic) bond motifs is 1. The third kappa shape index (κ3) is 8.62. The first-order valence-electron chi connectivity index (χ1n) is 15.4. The molecule has 41 heavy (non-hydrogen) atoms. The maximum Gasteiger partial charge on any atom is 0.184 e. The standard InChI is InChI=1S/C31H54O7Si3/c1-19(28-23-13-14-25(32)24(23)18-34-28)15-26-31(38-41(10,11)12)30(37-40(7,8)9)22(17-33-26)16-27-29(35-27)20(2)21(3)36-39(4,5)6/h18,20-22,26-27,29-31H,1,13-17H2,2-12H3/t20-,21+,22+,26+,27+,29+,30-,31-/m1/s1. The van der Waals surface area contributed by atoms with E-state index in [1.54, 1.807) is 6.26 Å². The minimum absolute atomic E-state index is 0.0837. The molecule has 2 aliphatic heterocycles. The number of Topliss-reactive ketones (excluding diaryl/α,β-unsaturated/α-hetero) is 1. The second kappa shape index (κ2) is 12.3. The summed E-state index contributed by atoms with van der Waals surface area (Å²) in [5, 5.41) is 0. The van der Waals surface area contributed by atoms with E-state index in [1.165, 1.54) is 0 Å². The molecular weight excluding hydrogens is 569 g/mol. The Kier molecular flexibility index (Phi) is 9.88. The Morgan fingerprint density at radius 2 is 1.59 bits per heavy atom. The van der Waals surface area contributed by atoms with Crippen LogP contribution in [-0.4, -0.2) is 74.0 Å². The van der Waals surface area contributed by atoms with Gasteiger partial charge in [-0.05, 0) is 84.3 Å². The van der Waals surface area contributed by atoms with E-state index in [9.17, 15) is 4.79 Å². The molecule has 232 valence electrons. The van der Waals surface area contributed by atoms with Gasteiger partial charge < -0.3 is 27.2 Å². The Balaban J connectivity index is 1.51. The van der Waals surface area contributed by atoms with Crippen LogP contribution in [0.5, 0.6) is 0 Å². The molecule has 1 aromatic heterocycles. The van der Waals surface area contributed by atoms with Crippen molar-refractivity contribution < 1.29 is 32.0 Å². The molecule has 7 nitrogen and oxygen atoms in total. The number of carbonyl (C=O) groups is 1. The molecule has 0 radical (unpaired) electrons. The number of hydrogen-bond acceptors (Lipinski definition) is 7. The number of furan rings is 1. The van der Waals surface area contributed by atoms with Crippen molar-refractivity contribution in [2.24, 2.45) is 11.8 Å².